The third-order valence-corrected chi connectivity index (χ3v) is 5.16. The van der Waals surface area contributed by atoms with E-state index >= 15 is 0 Å². The summed E-state index contributed by atoms with van der Waals surface area (Å²) >= 11 is 1.84. The van der Waals surface area contributed by atoms with E-state index in [0.717, 1.165) is 31.0 Å². The smallest absolute Gasteiger partial charge is 0.244 e. The first-order valence-corrected chi connectivity index (χ1v) is 8.89. The Bertz CT molecular complexity index is 482. The Kier molecular flexibility index (Phi) is 6.29. The standard InChI is InChI=1S/C17H26N2O2S/c1-4-13-22-15-7-5-14(6-8-15)18-16(20)17(2,3)19-9-11-21-12-10-19/h5-8H,4,9-13H2,1-3H3,(H,18,20). The number of anilines is 1. The zero-order chi connectivity index (χ0) is 16.0. The molecule has 5 heteroatoms. The van der Waals surface area contributed by atoms with Gasteiger partial charge in [0.15, 0.2) is 0 Å². The van der Waals surface area contributed by atoms with Crippen molar-refractivity contribution in [1.29, 1.82) is 0 Å². The van der Waals surface area contributed by atoms with Gasteiger partial charge in [0.05, 0.1) is 18.8 Å². The molecule has 0 aliphatic carbocycles. The van der Waals surface area contributed by atoms with Gasteiger partial charge in [-0.15, -0.1) is 11.8 Å². The van der Waals surface area contributed by atoms with E-state index in [1.807, 2.05) is 37.7 Å². The van der Waals surface area contributed by atoms with Crippen molar-refractivity contribution >= 4 is 23.4 Å². The van der Waals surface area contributed by atoms with E-state index in [-0.39, 0.29) is 5.91 Å². The van der Waals surface area contributed by atoms with E-state index < -0.39 is 5.54 Å². The summed E-state index contributed by atoms with van der Waals surface area (Å²) < 4.78 is 5.36. The number of hydrogen-bond acceptors (Lipinski definition) is 4. The van der Waals surface area contributed by atoms with Crippen molar-refractivity contribution in [2.45, 2.75) is 37.6 Å². The van der Waals surface area contributed by atoms with Crippen LogP contribution in [0.4, 0.5) is 5.69 Å². The lowest BCUT2D eigenvalue weighted by Crippen LogP contribution is -2.56. The van der Waals surface area contributed by atoms with Gasteiger partial charge in [-0.05, 0) is 50.3 Å². The lowest BCUT2D eigenvalue weighted by atomic mass is 10.0. The van der Waals surface area contributed by atoms with E-state index in [4.69, 9.17) is 4.74 Å². The maximum absolute atomic E-state index is 12.6. The molecule has 1 saturated heterocycles. The van der Waals surface area contributed by atoms with Crippen LogP contribution in [-0.2, 0) is 9.53 Å². The molecular weight excluding hydrogens is 296 g/mol. The van der Waals surface area contributed by atoms with Gasteiger partial charge < -0.3 is 10.1 Å². The van der Waals surface area contributed by atoms with E-state index in [1.165, 1.54) is 4.90 Å². The molecule has 0 spiro atoms. The number of carbonyl (C=O) groups is 1. The highest BCUT2D eigenvalue weighted by molar-refractivity contribution is 7.99. The van der Waals surface area contributed by atoms with Crippen LogP contribution in [-0.4, -0.2) is 48.4 Å². The van der Waals surface area contributed by atoms with Crippen molar-refractivity contribution in [3.8, 4) is 0 Å². The number of ether oxygens (including phenoxy) is 1. The van der Waals surface area contributed by atoms with Crippen molar-refractivity contribution in [2.24, 2.45) is 0 Å². The van der Waals surface area contributed by atoms with Crippen molar-refractivity contribution in [3.63, 3.8) is 0 Å². The van der Waals surface area contributed by atoms with Crippen LogP contribution in [0.25, 0.3) is 0 Å². The Morgan fingerprint density at radius 3 is 2.50 bits per heavy atom. The summed E-state index contributed by atoms with van der Waals surface area (Å²) in [5.41, 5.74) is 0.326. The van der Waals surface area contributed by atoms with E-state index in [9.17, 15) is 4.79 Å². The fraction of sp³-hybridized carbons (Fsp3) is 0.588. The van der Waals surface area contributed by atoms with Crippen molar-refractivity contribution in [1.82, 2.24) is 4.90 Å². The lowest BCUT2D eigenvalue weighted by molar-refractivity contribution is -0.129. The minimum atomic E-state index is -0.528. The van der Waals surface area contributed by atoms with Crippen molar-refractivity contribution < 1.29 is 9.53 Å². The third-order valence-electron chi connectivity index (χ3n) is 3.94. The zero-order valence-electron chi connectivity index (χ0n) is 13.7. The summed E-state index contributed by atoms with van der Waals surface area (Å²) in [6, 6.07) is 8.09. The van der Waals surface area contributed by atoms with Gasteiger partial charge in [-0.25, -0.2) is 0 Å². The van der Waals surface area contributed by atoms with Crippen molar-refractivity contribution in [3.05, 3.63) is 24.3 Å². The average Bonchev–Trinajstić information content (AvgIpc) is 2.55. The van der Waals surface area contributed by atoms with Crippen LogP contribution < -0.4 is 5.32 Å². The number of thioether (sulfide) groups is 1. The number of nitrogens with zero attached hydrogens (tertiary/aromatic N) is 1. The van der Waals surface area contributed by atoms with Gasteiger partial charge in [0.2, 0.25) is 5.91 Å². The van der Waals surface area contributed by atoms with Crippen LogP contribution in [0.5, 0.6) is 0 Å². The summed E-state index contributed by atoms with van der Waals surface area (Å²) in [5.74, 6) is 1.15. The second-order valence-electron chi connectivity index (χ2n) is 5.99. The van der Waals surface area contributed by atoms with E-state index in [0.29, 0.717) is 13.2 Å². The molecule has 1 aromatic carbocycles. The van der Waals surface area contributed by atoms with Crippen molar-refractivity contribution in [2.75, 3.05) is 37.4 Å². The molecule has 122 valence electrons. The number of nitrogens with one attached hydrogen (secondary N) is 1. The molecule has 1 fully saturated rings. The fourth-order valence-corrected chi connectivity index (χ4v) is 3.17. The van der Waals surface area contributed by atoms with Gasteiger partial charge in [0.1, 0.15) is 0 Å². The second kappa shape index (κ2) is 7.99. The topological polar surface area (TPSA) is 41.6 Å². The summed E-state index contributed by atoms with van der Waals surface area (Å²) in [7, 11) is 0. The molecule has 1 aliphatic heterocycles. The molecule has 0 saturated carbocycles. The SMILES string of the molecule is CCCSc1ccc(NC(=O)C(C)(C)N2CCOCC2)cc1. The van der Waals surface area contributed by atoms with Crippen LogP contribution in [0.3, 0.4) is 0 Å². The monoisotopic (exact) mass is 322 g/mol. The molecule has 0 radical (unpaired) electrons. The van der Waals surface area contributed by atoms with Crippen LogP contribution >= 0.6 is 11.8 Å². The minimum absolute atomic E-state index is 0.0309. The Labute approximate surface area is 137 Å². The number of morpholine rings is 1. The number of hydrogen-bond donors (Lipinski definition) is 1. The molecule has 0 aromatic heterocycles. The van der Waals surface area contributed by atoms with Crippen LogP contribution in [0.15, 0.2) is 29.2 Å². The summed E-state index contributed by atoms with van der Waals surface area (Å²) in [6.07, 6.45) is 1.16. The Balaban J connectivity index is 1.95. The largest absolute Gasteiger partial charge is 0.379 e. The first kappa shape index (κ1) is 17.3. The molecule has 0 bridgehead atoms. The van der Waals surface area contributed by atoms with E-state index in [1.54, 1.807) is 0 Å². The van der Waals surface area contributed by atoms with Crippen LogP contribution in [0.2, 0.25) is 0 Å². The number of amides is 1. The maximum atomic E-state index is 12.6. The summed E-state index contributed by atoms with van der Waals surface area (Å²) in [4.78, 5) is 16.0. The molecule has 0 atom stereocenters. The Morgan fingerprint density at radius 1 is 1.27 bits per heavy atom. The molecule has 1 aromatic rings. The Hall–Kier alpha value is -1.04. The highest BCUT2D eigenvalue weighted by Gasteiger charge is 2.35. The average molecular weight is 322 g/mol. The summed E-state index contributed by atoms with van der Waals surface area (Å²) in [6.45, 7) is 9.10. The highest BCUT2D eigenvalue weighted by Crippen LogP contribution is 2.23. The first-order chi connectivity index (χ1) is 10.5. The molecule has 1 aliphatic rings. The molecule has 22 heavy (non-hydrogen) atoms. The second-order valence-corrected chi connectivity index (χ2v) is 7.15. The maximum Gasteiger partial charge on any atom is 0.244 e. The lowest BCUT2D eigenvalue weighted by Gasteiger charge is -2.39. The number of benzene rings is 1. The van der Waals surface area contributed by atoms with Crippen LogP contribution in [0, 0.1) is 0 Å². The van der Waals surface area contributed by atoms with Gasteiger partial charge in [0.25, 0.3) is 0 Å². The predicted octanol–water partition coefficient (Wildman–Crippen LogP) is 3.24. The molecule has 0 unspecified atom stereocenters. The minimum Gasteiger partial charge on any atom is -0.379 e. The van der Waals surface area contributed by atoms with Gasteiger partial charge in [0, 0.05) is 23.7 Å². The molecule has 1 amide bonds. The summed E-state index contributed by atoms with van der Waals surface area (Å²) in [5, 5.41) is 3.03. The normalized spacial score (nSPS) is 16.5. The van der Waals surface area contributed by atoms with Gasteiger partial charge >= 0.3 is 0 Å². The molecule has 4 nitrogen and oxygen atoms in total. The highest BCUT2D eigenvalue weighted by atomic mass is 32.2. The number of rotatable bonds is 6. The van der Waals surface area contributed by atoms with E-state index in [2.05, 4.69) is 29.3 Å². The molecule has 2 rings (SSSR count). The zero-order valence-corrected chi connectivity index (χ0v) is 14.5. The molecule has 1 N–H and O–H groups in total. The third kappa shape index (κ3) is 4.48. The number of carbonyl (C=O) groups excluding carboxylic acids is 1. The quantitative estimate of drug-likeness (QED) is 0.817. The predicted molar refractivity (Wildman–Crippen MR) is 92.6 cm³/mol. The van der Waals surface area contributed by atoms with Gasteiger partial charge in [-0.1, -0.05) is 6.92 Å². The van der Waals surface area contributed by atoms with Gasteiger partial charge in [-0.3, -0.25) is 9.69 Å². The Morgan fingerprint density at radius 2 is 1.91 bits per heavy atom. The molecular formula is C17H26N2O2S. The first-order valence-electron chi connectivity index (χ1n) is 7.91. The fourth-order valence-electron chi connectivity index (χ4n) is 2.40. The molecule has 1 heterocycles. The van der Waals surface area contributed by atoms with Gasteiger partial charge in [-0.2, -0.15) is 0 Å². The van der Waals surface area contributed by atoms with Crippen LogP contribution in [0.1, 0.15) is 27.2 Å².